The van der Waals surface area contributed by atoms with Gasteiger partial charge in [-0.1, -0.05) is 0 Å². The van der Waals surface area contributed by atoms with Crippen LogP contribution < -0.4 is 11.5 Å². The van der Waals surface area contributed by atoms with E-state index in [4.69, 9.17) is 11.5 Å². The smallest absolute Gasteiger partial charge is 0.0769 e. The maximum atomic E-state index is 5.95. The highest BCUT2D eigenvalue weighted by molar-refractivity contribution is 5.65. The second-order valence-corrected chi connectivity index (χ2v) is 4.28. The van der Waals surface area contributed by atoms with Crippen molar-refractivity contribution in [2.24, 2.45) is 0 Å². The minimum Gasteiger partial charge on any atom is -0.397 e. The Morgan fingerprint density at radius 2 is 2.00 bits per heavy atom. The topological polar surface area (TPSA) is 68.2 Å². The molecule has 0 bridgehead atoms. The van der Waals surface area contributed by atoms with Gasteiger partial charge in [0.25, 0.3) is 0 Å². The molecule has 0 radical (unpaired) electrons. The Balaban J connectivity index is 2.19. The molecule has 2 heterocycles. The van der Waals surface area contributed by atoms with Gasteiger partial charge in [-0.15, -0.1) is 0 Å². The molecule has 1 aliphatic heterocycles. The largest absolute Gasteiger partial charge is 0.397 e. The third-order valence-electron chi connectivity index (χ3n) is 3.16. The van der Waals surface area contributed by atoms with Gasteiger partial charge in [-0.3, -0.25) is 4.98 Å². The summed E-state index contributed by atoms with van der Waals surface area (Å²) in [5, 5.41) is 0. The predicted octanol–water partition coefficient (Wildman–Crippen LogP) is 1.06. The van der Waals surface area contributed by atoms with Gasteiger partial charge >= 0.3 is 0 Å². The highest BCUT2D eigenvalue weighted by Gasteiger charge is 2.21. The molecule has 1 saturated heterocycles. The van der Waals surface area contributed by atoms with Crippen molar-refractivity contribution in [3.05, 3.63) is 18.0 Å². The molecule has 4 N–H and O–H groups in total. The molecule has 0 aliphatic carbocycles. The maximum absolute atomic E-state index is 5.95. The molecule has 1 aromatic rings. The van der Waals surface area contributed by atoms with Gasteiger partial charge in [0.1, 0.15) is 0 Å². The average Bonchev–Trinajstić information content (AvgIpc) is 2.24. The second kappa shape index (κ2) is 4.06. The lowest BCUT2D eigenvalue weighted by atomic mass is 9.92. The Morgan fingerprint density at radius 3 is 2.67 bits per heavy atom. The molecule has 1 aliphatic rings. The lowest BCUT2D eigenvalue weighted by Gasteiger charge is -2.29. The van der Waals surface area contributed by atoms with E-state index in [0.29, 0.717) is 17.3 Å². The van der Waals surface area contributed by atoms with Crippen molar-refractivity contribution < 1.29 is 0 Å². The first kappa shape index (κ1) is 10.2. The Kier molecular flexibility index (Phi) is 2.77. The zero-order valence-electron chi connectivity index (χ0n) is 9.11. The fourth-order valence-corrected chi connectivity index (χ4v) is 2.11. The van der Waals surface area contributed by atoms with Crippen LogP contribution in [0, 0.1) is 0 Å². The van der Waals surface area contributed by atoms with Crippen molar-refractivity contribution in [2.45, 2.75) is 18.8 Å². The van der Waals surface area contributed by atoms with Crippen LogP contribution in [0.25, 0.3) is 0 Å². The number of hydrogen-bond donors (Lipinski definition) is 2. The van der Waals surface area contributed by atoms with E-state index < -0.39 is 0 Å². The minimum absolute atomic E-state index is 0.477. The number of aromatic nitrogens is 1. The molecular formula is C11H18N4. The number of anilines is 2. The zero-order chi connectivity index (χ0) is 10.8. The van der Waals surface area contributed by atoms with E-state index in [0.717, 1.165) is 31.6 Å². The number of nitrogens with two attached hydrogens (primary N) is 2. The van der Waals surface area contributed by atoms with Crippen LogP contribution in [-0.4, -0.2) is 30.0 Å². The number of piperidine rings is 1. The van der Waals surface area contributed by atoms with Crippen LogP contribution in [0.4, 0.5) is 11.4 Å². The highest BCUT2D eigenvalue weighted by atomic mass is 15.1. The normalized spacial score (nSPS) is 19.3. The molecule has 0 amide bonds. The van der Waals surface area contributed by atoms with E-state index in [2.05, 4.69) is 16.9 Å². The molecule has 0 aromatic carbocycles. The Hall–Kier alpha value is -1.29. The SMILES string of the molecule is CN1CCC(c2nccc(N)c2N)CC1. The molecule has 82 valence electrons. The molecule has 0 atom stereocenters. The summed E-state index contributed by atoms with van der Waals surface area (Å²) in [6, 6.07) is 1.76. The fourth-order valence-electron chi connectivity index (χ4n) is 2.11. The van der Waals surface area contributed by atoms with Gasteiger partial charge < -0.3 is 16.4 Å². The molecule has 4 heteroatoms. The maximum Gasteiger partial charge on any atom is 0.0769 e. The zero-order valence-corrected chi connectivity index (χ0v) is 9.11. The van der Waals surface area contributed by atoms with Gasteiger partial charge in [0, 0.05) is 12.1 Å². The molecule has 15 heavy (non-hydrogen) atoms. The van der Waals surface area contributed by atoms with E-state index in [1.165, 1.54) is 0 Å². The summed E-state index contributed by atoms with van der Waals surface area (Å²) in [6.07, 6.45) is 3.99. The number of nitrogens with zero attached hydrogens (tertiary/aromatic N) is 2. The number of likely N-dealkylation sites (tertiary alicyclic amines) is 1. The highest BCUT2D eigenvalue weighted by Crippen LogP contribution is 2.31. The van der Waals surface area contributed by atoms with Gasteiger partial charge in [0.2, 0.25) is 0 Å². The van der Waals surface area contributed by atoms with Crippen molar-refractivity contribution in [3.63, 3.8) is 0 Å². The first-order valence-corrected chi connectivity index (χ1v) is 5.37. The molecule has 1 fully saturated rings. The first-order valence-electron chi connectivity index (χ1n) is 5.37. The van der Waals surface area contributed by atoms with Crippen molar-refractivity contribution >= 4 is 11.4 Å². The summed E-state index contributed by atoms with van der Waals surface area (Å²) in [7, 11) is 2.15. The van der Waals surface area contributed by atoms with Crippen LogP contribution in [0.3, 0.4) is 0 Å². The van der Waals surface area contributed by atoms with E-state index in [-0.39, 0.29) is 0 Å². The van der Waals surface area contributed by atoms with Crippen LogP contribution >= 0.6 is 0 Å². The van der Waals surface area contributed by atoms with Crippen molar-refractivity contribution in [2.75, 3.05) is 31.6 Å². The third kappa shape index (κ3) is 2.04. The van der Waals surface area contributed by atoms with Crippen LogP contribution in [0.2, 0.25) is 0 Å². The molecular weight excluding hydrogens is 188 g/mol. The Labute approximate surface area is 90.3 Å². The first-order chi connectivity index (χ1) is 7.18. The molecule has 4 nitrogen and oxygen atoms in total. The monoisotopic (exact) mass is 206 g/mol. The summed E-state index contributed by atoms with van der Waals surface area (Å²) in [6.45, 7) is 2.22. The standard InChI is InChI=1S/C11H18N4/c1-15-6-3-8(4-7-15)11-10(13)9(12)2-5-14-11/h2,5,8H,3-4,6-7,13H2,1H3,(H2,12,14). The predicted molar refractivity (Wildman–Crippen MR) is 62.5 cm³/mol. The summed E-state index contributed by atoms with van der Waals surface area (Å²) in [5.74, 6) is 0.477. The summed E-state index contributed by atoms with van der Waals surface area (Å²) in [5.41, 5.74) is 14.0. The summed E-state index contributed by atoms with van der Waals surface area (Å²) in [4.78, 5) is 6.70. The lowest BCUT2D eigenvalue weighted by Crippen LogP contribution is -2.29. The van der Waals surface area contributed by atoms with Crippen LogP contribution in [0.5, 0.6) is 0 Å². The molecule has 0 unspecified atom stereocenters. The van der Waals surface area contributed by atoms with Crippen LogP contribution in [0.1, 0.15) is 24.5 Å². The second-order valence-electron chi connectivity index (χ2n) is 4.28. The van der Waals surface area contributed by atoms with Gasteiger partial charge in [-0.25, -0.2) is 0 Å². The van der Waals surface area contributed by atoms with E-state index in [9.17, 15) is 0 Å². The number of pyridine rings is 1. The molecule has 2 rings (SSSR count). The Morgan fingerprint density at radius 1 is 1.33 bits per heavy atom. The third-order valence-corrected chi connectivity index (χ3v) is 3.16. The van der Waals surface area contributed by atoms with Crippen molar-refractivity contribution in [1.82, 2.24) is 9.88 Å². The van der Waals surface area contributed by atoms with Crippen molar-refractivity contribution in [3.8, 4) is 0 Å². The van der Waals surface area contributed by atoms with Crippen LogP contribution in [0.15, 0.2) is 12.3 Å². The van der Waals surface area contributed by atoms with Crippen molar-refractivity contribution in [1.29, 1.82) is 0 Å². The lowest BCUT2D eigenvalue weighted by molar-refractivity contribution is 0.254. The molecule has 0 saturated carbocycles. The summed E-state index contributed by atoms with van der Waals surface area (Å²) >= 11 is 0. The van der Waals surface area contributed by atoms with Gasteiger partial charge in [0.15, 0.2) is 0 Å². The fraction of sp³-hybridized carbons (Fsp3) is 0.545. The average molecular weight is 206 g/mol. The van der Waals surface area contributed by atoms with E-state index in [1.54, 1.807) is 12.3 Å². The van der Waals surface area contributed by atoms with Gasteiger partial charge in [-0.2, -0.15) is 0 Å². The number of nitrogen functional groups attached to an aromatic ring is 2. The Bertz CT molecular complexity index is 342. The van der Waals surface area contributed by atoms with Crippen LogP contribution in [-0.2, 0) is 0 Å². The summed E-state index contributed by atoms with van der Waals surface area (Å²) < 4.78 is 0. The minimum atomic E-state index is 0.477. The molecule has 0 spiro atoms. The van der Waals surface area contributed by atoms with Gasteiger partial charge in [0.05, 0.1) is 17.1 Å². The number of rotatable bonds is 1. The number of hydrogen-bond acceptors (Lipinski definition) is 4. The quantitative estimate of drug-likeness (QED) is 0.721. The van der Waals surface area contributed by atoms with E-state index >= 15 is 0 Å². The van der Waals surface area contributed by atoms with E-state index in [1.807, 2.05) is 0 Å². The molecule has 1 aromatic heterocycles. The van der Waals surface area contributed by atoms with Gasteiger partial charge in [-0.05, 0) is 39.0 Å².